The molecule has 138 valence electrons. The molecule has 1 atom stereocenters. The molecule has 1 heterocycles. The summed E-state index contributed by atoms with van der Waals surface area (Å²) in [6, 6.07) is 13.4. The predicted octanol–water partition coefficient (Wildman–Crippen LogP) is 3.20. The molecule has 6 heteroatoms. The number of benzene rings is 2. The molecule has 1 aliphatic rings. The average molecular weight is 376 g/mol. The van der Waals surface area contributed by atoms with Crippen molar-refractivity contribution in [3.05, 3.63) is 70.5 Å². The van der Waals surface area contributed by atoms with Crippen LogP contribution in [0.25, 0.3) is 0 Å². The zero-order chi connectivity index (χ0) is 18.5. The van der Waals surface area contributed by atoms with Gasteiger partial charge in [0.15, 0.2) is 0 Å². The number of nitrogens with one attached hydrogen (secondary N) is 1. The maximum absolute atomic E-state index is 13.3. The Balaban J connectivity index is 1.73. The van der Waals surface area contributed by atoms with Gasteiger partial charge < -0.3 is 10.2 Å². The molecule has 0 aliphatic carbocycles. The molecule has 1 amide bonds. The number of hydrogen-bond acceptors (Lipinski definition) is 3. The molecule has 0 bridgehead atoms. The molecule has 1 unspecified atom stereocenters. The monoisotopic (exact) mass is 375 g/mol. The van der Waals surface area contributed by atoms with Crippen molar-refractivity contribution in [3.63, 3.8) is 0 Å². The van der Waals surface area contributed by atoms with Gasteiger partial charge in [0.1, 0.15) is 5.82 Å². The van der Waals surface area contributed by atoms with Crippen LogP contribution >= 0.6 is 11.6 Å². The summed E-state index contributed by atoms with van der Waals surface area (Å²) < 4.78 is 13.3. The minimum absolute atomic E-state index is 0.00688. The van der Waals surface area contributed by atoms with Crippen LogP contribution in [0, 0.1) is 5.82 Å². The van der Waals surface area contributed by atoms with Crippen LogP contribution in [0.4, 0.5) is 4.39 Å². The fourth-order valence-corrected chi connectivity index (χ4v) is 3.39. The Bertz CT molecular complexity index is 745. The van der Waals surface area contributed by atoms with Gasteiger partial charge in [0.25, 0.3) is 5.91 Å². The fraction of sp³-hybridized carbons (Fsp3) is 0.350. The number of nitrogens with zero attached hydrogens (tertiary/aromatic N) is 2. The molecule has 3 rings (SSSR count). The Kier molecular flexibility index (Phi) is 6.25. The first-order valence-corrected chi connectivity index (χ1v) is 9.12. The van der Waals surface area contributed by atoms with Crippen LogP contribution < -0.4 is 5.32 Å². The highest BCUT2D eigenvalue weighted by molar-refractivity contribution is 6.30. The lowest BCUT2D eigenvalue weighted by atomic mass is 10.0. The number of hydrogen-bond donors (Lipinski definition) is 1. The van der Waals surface area contributed by atoms with E-state index in [4.69, 9.17) is 11.6 Å². The zero-order valence-electron chi connectivity index (χ0n) is 14.8. The van der Waals surface area contributed by atoms with Gasteiger partial charge in [-0.3, -0.25) is 9.69 Å². The Hall–Kier alpha value is -1.95. The van der Waals surface area contributed by atoms with Crippen LogP contribution in [-0.2, 0) is 0 Å². The summed E-state index contributed by atoms with van der Waals surface area (Å²) in [5.41, 5.74) is 1.54. The van der Waals surface area contributed by atoms with Crippen molar-refractivity contribution in [2.45, 2.75) is 6.04 Å². The smallest absolute Gasteiger partial charge is 0.251 e. The maximum Gasteiger partial charge on any atom is 0.251 e. The van der Waals surface area contributed by atoms with Gasteiger partial charge >= 0.3 is 0 Å². The molecule has 2 aromatic rings. The number of amides is 1. The summed E-state index contributed by atoms with van der Waals surface area (Å²) in [6.45, 7) is 4.22. The van der Waals surface area contributed by atoms with Crippen LogP contribution in [0.3, 0.4) is 0 Å². The van der Waals surface area contributed by atoms with Crippen molar-refractivity contribution < 1.29 is 9.18 Å². The summed E-state index contributed by atoms with van der Waals surface area (Å²) in [4.78, 5) is 17.1. The van der Waals surface area contributed by atoms with E-state index in [-0.39, 0.29) is 17.8 Å². The molecule has 1 saturated heterocycles. The van der Waals surface area contributed by atoms with Gasteiger partial charge in [-0.25, -0.2) is 4.39 Å². The van der Waals surface area contributed by atoms with Gasteiger partial charge in [-0.15, -0.1) is 0 Å². The van der Waals surface area contributed by atoms with E-state index in [0.29, 0.717) is 17.1 Å². The molecule has 0 spiro atoms. The van der Waals surface area contributed by atoms with Gasteiger partial charge in [0, 0.05) is 43.3 Å². The number of carbonyl (C=O) groups is 1. The maximum atomic E-state index is 13.3. The standard InChI is InChI=1S/C20H23ClFN3O/c1-24-9-11-25(12-10-24)19(15-5-7-18(22)8-6-15)14-23-20(26)16-3-2-4-17(21)13-16/h2-8,13,19H,9-12,14H2,1H3,(H,23,26). The molecule has 0 saturated carbocycles. The fourth-order valence-electron chi connectivity index (χ4n) is 3.20. The van der Waals surface area contributed by atoms with E-state index in [1.54, 1.807) is 36.4 Å². The lowest BCUT2D eigenvalue weighted by Gasteiger charge is -2.38. The number of piperazine rings is 1. The number of carbonyl (C=O) groups excluding carboxylic acids is 1. The summed E-state index contributed by atoms with van der Waals surface area (Å²) in [5.74, 6) is -0.414. The van der Waals surface area contributed by atoms with E-state index in [1.165, 1.54) is 12.1 Å². The Morgan fingerprint density at radius 3 is 2.50 bits per heavy atom. The molecule has 0 radical (unpaired) electrons. The second-order valence-corrected chi connectivity index (χ2v) is 7.06. The van der Waals surface area contributed by atoms with Gasteiger partial charge in [-0.2, -0.15) is 0 Å². The van der Waals surface area contributed by atoms with Crippen LogP contribution in [0.1, 0.15) is 22.0 Å². The van der Waals surface area contributed by atoms with Crippen molar-refractivity contribution in [2.24, 2.45) is 0 Å². The van der Waals surface area contributed by atoms with E-state index in [9.17, 15) is 9.18 Å². The first-order valence-electron chi connectivity index (χ1n) is 8.75. The Labute approximate surface area is 158 Å². The molecular formula is C20H23ClFN3O. The van der Waals surface area contributed by atoms with Crippen LogP contribution in [0.15, 0.2) is 48.5 Å². The predicted molar refractivity (Wildman–Crippen MR) is 102 cm³/mol. The zero-order valence-corrected chi connectivity index (χ0v) is 15.5. The van der Waals surface area contributed by atoms with Crippen LogP contribution in [0.2, 0.25) is 5.02 Å². The van der Waals surface area contributed by atoms with E-state index < -0.39 is 0 Å². The van der Waals surface area contributed by atoms with E-state index in [0.717, 1.165) is 31.7 Å². The highest BCUT2D eigenvalue weighted by Gasteiger charge is 2.24. The highest BCUT2D eigenvalue weighted by atomic mass is 35.5. The third-order valence-corrected chi connectivity index (χ3v) is 5.01. The van der Waals surface area contributed by atoms with Gasteiger partial charge in [0.05, 0.1) is 6.04 Å². The Morgan fingerprint density at radius 1 is 1.15 bits per heavy atom. The third kappa shape index (κ3) is 4.81. The van der Waals surface area contributed by atoms with Crippen molar-refractivity contribution >= 4 is 17.5 Å². The molecule has 0 aromatic heterocycles. The average Bonchev–Trinajstić information content (AvgIpc) is 2.64. The van der Waals surface area contributed by atoms with Crippen LogP contribution in [0.5, 0.6) is 0 Å². The van der Waals surface area contributed by atoms with E-state index in [1.807, 2.05) is 0 Å². The summed E-state index contributed by atoms with van der Waals surface area (Å²) in [7, 11) is 2.10. The highest BCUT2D eigenvalue weighted by Crippen LogP contribution is 2.22. The van der Waals surface area contributed by atoms with Gasteiger partial charge in [-0.05, 0) is 42.9 Å². The lowest BCUT2D eigenvalue weighted by molar-refractivity contribution is 0.0886. The third-order valence-electron chi connectivity index (χ3n) is 4.78. The number of likely N-dealkylation sites (N-methyl/N-ethyl adjacent to an activating group) is 1. The summed E-state index contributed by atoms with van der Waals surface area (Å²) >= 11 is 5.97. The van der Waals surface area contributed by atoms with E-state index in [2.05, 4.69) is 22.2 Å². The first kappa shape index (κ1) is 18.8. The number of halogens is 2. The second-order valence-electron chi connectivity index (χ2n) is 6.63. The van der Waals surface area contributed by atoms with Crippen molar-refractivity contribution in [1.82, 2.24) is 15.1 Å². The van der Waals surface area contributed by atoms with Gasteiger partial charge in [0.2, 0.25) is 0 Å². The number of rotatable bonds is 5. The van der Waals surface area contributed by atoms with Crippen molar-refractivity contribution in [2.75, 3.05) is 39.8 Å². The second kappa shape index (κ2) is 8.62. The molecule has 1 aliphatic heterocycles. The summed E-state index contributed by atoms with van der Waals surface area (Å²) in [5, 5.41) is 3.54. The first-order chi connectivity index (χ1) is 12.5. The Morgan fingerprint density at radius 2 is 1.85 bits per heavy atom. The minimum atomic E-state index is -0.256. The normalized spacial score (nSPS) is 17.0. The van der Waals surface area contributed by atoms with Crippen molar-refractivity contribution in [3.8, 4) is 0 Å². The van der Waals surface area contributed by atoms with Crippen LogP contribution in [-0.4, -0.2) is 55.5 Å². The quantitative estimate of drug-likeness (QED) is 0.871. The molecule has 1 fully saturated rings. The summed E-state index contributed by atoms with van der Waals surface area (Å²) in [6.07, 6.45) is 0. The molecular weight excluding hydrogens is 353 g/mol. The van der Waals surface area contributed by atoms with Crippen molar-refractivity contribution in [1.29, 1.82) is 0 Å². The molecule has 1 N–H and O–H groups in total. The largest absolute Gasteiger partial charge is 0.350 e. The molecule has 4 nitrogen and oxygen atoms in total. The molecule has 2 aromatic carbocycles. The SMILES string of the molecule is CN1CCN(C(CNC(=O)c2cccc(Cl)c2)c2ccc(F)cc2)CC1. The van der Waals surface area contributed by atoms with Gasteiger partial charge in [-0.1, -0.05) is 29.8 Å². The lowest BCUT2D eigenvalue weighted by Crippen LogP contribution is -2.48. The minimum Gasteiger partial charge on any atom is -0.350 e. The topological polar surface area (TPSA) is 35.6 Å². The molecule has 26 heavy (non-hydrogen) atoms. The van der Waals surface area contributed by atoms with E-state index >= 15 is 0 Å².